The van der Waals surface area contributed by atoms with Crippen molar-refractivity contribution in [3.8, 4) is 5.69 Å². The van der Waals surface area contributed by atoms with E-state index in [1.54, 1.807) is 0 Å². The second kappa shape index (κ2) is 1.48. The van der Waals surface area contributed by atoms with Gasteiger partial charge in [-0.1, -0.05) is 6.07 Å². The molecule has 2 heteroatoms. The highest BCUT2D eigenvalue weighted by Gasteiger charge is 2.16. The molecule has 0 saturated carbocycles. The van der Waals surface area contributed by atoms with Crippen molar-refractivity contribution >= 4 is 10.9 Å². The average Bonchev–Trinajstić information content (AvgIpc) is 2.22. The number of hydrogen-bond acceptors (Lipinski definition) is 1. The lowest BCUT2D eigenvalue weighted by Gasteiger charge is -2.13. The van der Waals surface area contributed by atoms with E-state index < -0.39 is 0 Å². The third-order valence-electron chi connectivity index (χ3n) is 2.32. The van der Waals surface area contributed by atoms with Crippen LogP contribution >= 0.6 is 0 Å². The third-order valence-corrected chi connectivity index (χ3v) is 2.32. The lowest BCUT2D eigenvalue weighted by atomic mass is 10.1. The number of pyridine rings is 1. The largest absolute Gasteiger partial charge is 0.392 e. The van der Waals surface area contributed by atoms with E-state index >= 15 is 0 Å². The summed E-state index contributed by atoms with van der Waals surface area (Å²) in [6, 6.07) is 6.27. The van der Waals surface area contributed by atoms with Gasteiger partial charge in [0.1, 0.15) is 0 Å². The van der Waals surface area contributed by atoms with Crippen molar-refractivity contribution < 1.29 is 5.11 Å². The van der Waals surface area contributed by atoms with Gasteiger partial charge in [0.25, 0.3) is 0 Å². The number of aliphatic hydroxyl groups is 1. The summed E-state index contributed by atoms with van der Waals surface area (Å²) < 4.78 is 2.11. The van der Waals surface area contributed by atoms with E-state index in [-0.39, 0.29) is 6.61 Å². The summed E-state index contributed by atoms with van der Waals surface area (Å²) in [7, 11) is 0. The smallest absolute Gasteiger partial charge is 0.0702 e. The summed E-state index contributed by atoms with van der Waals surface area (Å²) in [6.07, 6.45) is 2.00. The van der Waals surface area contributed by atoms with Crippen molar-refractivity contribution in [3.63, 3.8) is 0 Å². The molecule has 2 aromatic rings. The van der Waals surface area contributed by atoms with Crippen LogP contribution in [-0.4, -0.2) is 9.67 Å². The lowest BCUT2D eigenvalue weighted by molar-refractivity contribution is 0.283. The van der Waals surface area contributed by atoms with E-state index in [2.05, 4.69) is 22.8 Å². The van der Waals surface area contributed by atoms with Crippen molar-refractivity contribution in [2.75, 3.05) is 0 Å². The van der Waals surface area contributed by atoms with Crippen LogP contribution in [0.15, 0.2) is 24.4 Å². The van der Waals surface area contributed by atoms with Gasteiger partial charge in [0.15, 0.2) is 0 Å². The molecule has 0 fully saturated rings. The highest BCUT2D eigenvalue weighted by molar-refractivity contribution is 5.92. The van der Waals surface area contributed by atoms with E-state index in [1.165, 1.54) is 16.6 Å². The number of fused-ring (bicyclic) bond motifs is 2. The van der Waals surface area contributed by atoms with Crippen molar-refractivity contribution in [1.82, 2.24) is 4.57 Å². The zero-order valence-corrected chi connectivity index (χ0v) is 5.91. The van der Waals surface area contributed by atoms with Gasteiger partial charge in [-0.25, -0.2) is 0 Å². The Bertz CT molecular complexity index is 442. The molecule has 2 bridgehead atoms. The first kappa shape index (κ1) is 5.38. The van der Waals surface area contributed by atoms with Crippen LogP contribution in [0.1, 0.15) is 5.56 Å². The molecule has 1 aliphatic heterocycles. The maximum absolute atomic E-state index is 8.96. The normalized spacial score (nSPS) is 12.5. The number of aromatic nitrogens is 1. The first-order valence-corrected chi connectivity index (χ1v) is 3.65. The quantitative estimate of drug-likeness (QED) is 0.550. The first-order valence-electron chi connectivity index (χ1n) is 3.65. The Hall–Kier alpha value is -1.28. The van der Waals surface area contributed by atoms with Gasteiger partial charge in [-0.05, 0) is 12.1 Å². The van der Waals surface area contributed by atoms with E-state index in [1.807, 2.05) is 6.20 Å². The van der Waals surface area contributed by atoms with Crippen LogP contribution < -0.4 is 0 Å². The Kier molecular flexibility index (Phi) is 0.725. The fraction of sp³-hybridized carbons (Fsp3) is 0.111. The standard InChI is InChI=1S/C9H7NO/c11-5-6-4-10-7-1-2-8(6)9(10)3-7/h1-4,11H,5H2. The van der Waals surface area contributed by atoms with Gasteiger partial charge in [0.05, 0.1) is 12.1 Å². The molecule has 3 rings (SSSR count). The highest BCUT2D eigenvalue weighted by atomic mass is 16.3. The van der Waals surface area contributed by atoms with E-state index in [0.717, 1.165) is 5.56 Å². The molecule has 0 amide bonds. The van der Waals surface area contributed by atoms with Gasteiger partial charge < -0.3 is 9.67 Å². The molecular formula is C9H7NO. The highest BCUT2D eigenvalue weighted by Crippen LogP contribution is 2.33. The molecule has 1 aromatic carbocycles. The Balaban J connectivity index is 2.52. The molecular weight excluding hydrogens is 138 g/mol. The van der Waals surface area contributed by atoms with Gasteiger partial charge in [0, 0.05) is 22.8 Å². The van der Waals surface area contributed by atoms with Gasteiger partial charge in [-0.3, -0.25) is 0 Å². The molecule has 54 valence electrons. The molecule has 2 heterocycles. The second-order valence-corrected chi connectivity index (χ2v) is 2.88. The predicted molar refractivity (Wildman–Crippen MR) is 42.8 cm³/mol. The number of aliphatic hydroxyl groups excluding tert-OH is 1. The number of nitrogens with zero attached hydrogens (tertiary/aromatic N) is 1. The molecule has 1 aliphatic rings. The summed E-state index contributed by atoms with van der Waals surface area (Å²) in [5.74, 6) is 0. The van der Waals surface area contributed by atoms with Crippen LogP contribution in [0.5, 0.6) is 0 Å². The van der Waals surface area contributed by atoms with Gasteiger partial charge in [-0.2, -0.15) is 0 Å². The SMILES string of the molecule is OCc1cn2c3cc-2ccc13. The molecule has 2 nitrogen and oxygen atoms in total. The zero-order chi connectivity index (χ0) is 7.42. The van der Waals surface area contributed by atoms with E-state index in [4.69, 9.17) is 5.11 Å². The number of benzene rings is 1. The summed E-state index contributed by atoms with van der Waals surface area (Å²) >= 11 is 0. The molecule has 0 aliphatic carbocycles. The van der Waals surface area contributed by atoms with Crippen molar-refractivity contribution in [2.24, 2.45) is 0 Å². The van der Waals surface area contributed by atoms with Crippen LogP contribution in [0.2, 0.25) is 0 Å². The Labute approximate surface area is 63.7 Å². The number of hydrogen-bond donors (Lipinski definition) is 1. The van der Waals surface area contributed by atoms with Crippen LogP contribution in [-0.2, 0) is 6.61 Å². The Morgan fingerprint density at radius 2 is 2.27 bits per heavy atom. The molecule has 1 aromatic heterocycles. The molecule has 1 N–H and O–H groups in total. The maximum atomic E-state index is 8.96. The minimum absolute atomic E-state index is 0.140. The molecule has 0 unspecified atom stereocenters. The van der Waals surface area contributed by atoms with Crippen molar-refractivity contribution in [3.05, 3.63) is 30.0 Å². The minimum Gasteiger partial charge on any atom is -0.392 e. The monoisotopic (exact) mass is 145 g/mol. The molecule has 11 heavy (non-hydrogen) atoms. The summed E-state index contributed by atoms with van der Waals surface area (Å²) in [5.41, 5.74) is 3.50. The molecule has 0 spiro atoms. The summed E-state index contributed by atoms with van der Waals surface area (Å²) in [6.45, 7) is 0.140. The van der Waals surface area contributed by atoms with E-state index in [0.29, 0.717) is 0 Å². The maximum Gasteiger partial charge on any atom is 0.0702 e. The van der Waals surface area contributed by atoms with Crippen LogP contribution in [0, 0.1) is 0 Å². The van der Waals surface area contributed by atoms with E-state index in [9.17, 15) is 0 Å². The topological polar surface area (TPSA) is 25.2 Å². The molecule has 0 radical (unpaired) electrons. The number of rotatable bonds is 1. The van der Waals surface area contributed by atoms with Gasteiger partial charge in [-0.15, -0.1) is 0 Å². The van der Waals surface area contributed by atoms with Crippen LogP contribution in [0.4, 0.5) is 0 Å². The molecule has 0 atom stereocenters. The van der Waals surface area contributed by atoms with Crippen LogP contribution in [0.25, 0.3) is 16.6 Å². The average molecular weight is 145 g/mol. The van der Waals surface area contributed by atoms with Crippen molar-refractivity contribution in [1.29, 1.82) is 0 Å². The lowest BCUT2D eigenvalue weighted by Crippen LogP contribution is -1.99. The van der Waals surface area contributed by atoms with Crippen molar-refractivity contribution in [2.45, 2.75) is 6.61 Å². The van der Waals surface area contributed by atoms with Gasteiger partial charge in [0.2, 0.25) is 0 Å². The fourth-order valence-corrected chi connectivity index (χ4v) is 1.71. The van der Waals surface area contributed by atoms with Gasteiger partial charge >= 0.3 is 0 Å². The summed E-state index contributed by atoms with van der Waals surface area (Å²) in [4.78, 5) is 0. The second-order valence-electron chi connectivity index (χ2n) is 2.88. The Morgan fingerprint density at radius 3 is 2.91 bits per heavy atom. The first-order chi connectivity index (χ1) is 5.40. The summed E-state index contributed by atoms with van der Waals surface area (Å²) in [5, 5.41) is 10.1. The third kappa shape index (κ3) is 0.446. The zero-order valence-electron chi connectivity index (χ0n) is 5.91. The minimum atomic E-state index is 0.140. The van der Waals surface area contributed by atoms with Crippen LogP contribution in [0.3, 0.4) is 0 Å². The Morgan fingerprint density at radius 1 is 1.36 bits per heavy atom. The fourth-order valence-electron chi connectivity index (χ4n) is 1.71. The predicted octanol–water partition coefficient (Wildman–Crippen LogP) is 1.44. The molecule has 0 saturated heterocycles.